The first-order valence-corrected chi connectivity index (χ1v) is 6.30. The van der Waals surface area contributed by atoms with Crippen LogP contribution in [0.3, 0.4) is 0 Å². The maximum atomic E-state index is 11.8. The van der Waals surface area contributed by atoms with Crippen molar-refractivity contribution < 1.29 is 4.79 Å². The van der Waals surface area contributed by atoms with Gasteiger partial charge in [0, 0.05) is 29.2 Å². The zero-order valence-corrected chi connectivity index (χ0v) is 10.4. The standard InChI is InChI=1S/C12H15N3OS/c1-8(5-10-3-2-4-17-10)15-12(16)11-6-9(13)7-14-11/h2-4,6-8,14H,5,13H2,1H3,(H,15,16). The number of thiophene rings is 1. The number of nitrogens with one attached hydrogen (secondary N) is 2. The molecule has 1 unspecified atom stereocenters. The third-order valence-corrected chi connectivity index (χ3v) is 3.31. The Labute approximate surface area is 104 Å². The Morgan fingerprint density at radius 2 is 2.47 bits per heavy atom. The van der Waals surface area contributed by atoms with Crippen LogP contribution in [-0.4, -0.2) is 16.9 Å². The second kappa shape index (κ2) is 5.05. The second-order valence-corrected chi connectivity index (χ2v) is 5.04. The quantitative estimate of drug-likeness (QED) is 0.775. The number of carbonyl (C=O) groups excluding carboxylic acids is 1. The summed E-state index contributed by atoms with van der Waals surface area (Å²) in [5.41, 5.74) is 6.62. The summed E-state index contributed by atoms with van der Waals surface area (Å²) < 4.78 is 0. The molecule has 17 heavy (non-hydrogen) atoms. The summed E-state index contributed by atoms with van der Waals surface area (Å²) in [4.78, 5) is 15.9. The largest absolute Gasteiger partial charge is 0.397 e. The van der Waals surface area contributed by atoms with E-state index in [-0.39, 0.29) is 11.9 Å². The van der Waals surface area contributed by atoms with Crippen LogP contribution < -0.4 is 11.1 Å². The van der Waals surface area contributed by atoms with Gasteiger partial charge in [-0.25, -0.2) is 0 Å². The predicted molar refractivity (Wildman–Crippen MR) is 70.2 cm³/mol. The summed E-state index contributed by atoms with van der Waals surface area (Å²) in [6.45, 7) is 1.99. The lowest BCUT2D eigenvalue weighted by molar-refractivity contribution is 0.0936. The van der Waals surface area contributed by atoms with E-state index in [0.29, 0.717) is 11.4 Å². The topological polar surface area (TPSA) is 70.9 Å². The molecule has 2 aromatic heterocycles. The summed E-state index contributed by atoms with van der Waals surface area (Å²) >= 11 is 1.70. The van der Waals surface area contributed by atoms with Gasteiger partial charge in [-0.3, -0.25) is 4.79 Å². The van der Waals surface area contributed by atoms with Crippen molar-refractivity contribution in [1.29, 1.82) is 0 Å². The molecule has 1 amide bonds. The number of anilines is 1. The lowest BCUT2D eigenvalue weighted by atomic mass is 10.2. The van der Waals surface area contributed by atoms with Gasteiger partial charge in [0.05, 0.1) is 0 Å². The Bertz CT molecular complexity index is 490. The van der Waals surface area contributed by atoms with E-state index in [1.165, 1.54) is 4.88 Å². The van der Waals surface area contributed by atoms with Crippen LogP contribution in [0, 0.1) is 0 Å². The summed E-state index contributed by atoms with van der Waals surface area (Å²) in [6.07, 6.45) is 2.46. The zero-order valence-electron chi connectivity index (χ0n) is 9.57. The molecule has 0 saturated heterocycles. The molecule has 5 heteroatoms. The van der Waals surface area contributed by atoms with E-state index in [1.807, 2.05) is 18.4 Å². The molecule has 90 valence electrons. The molecule has 0 saturated carbocycles. The highest BCUT2D eigenvalue weighted by molar-refractivity contribution is 7.09. The Balaban J connectivity index is 1.90. The molecule has 0 radical (unpaired) electrons. The van der Waals surface area contributed by atoms with Gasteiger partial charge in [-0.2, -0.15) is 0 Å². The fourth-order valence-electron chi connectivity index (χ4n) is 1.63. The van der Waals surface area contributed by atoms with E-state index in [0.717, 1.165) is 6.42 Å². The van der Waals surface area contributed by atoms with Crippen molar-refractivity contribution in [3.63, 3.8) is 0 Å². The summed E-state index contributed by atoms with van der Waals surface area (Å²) in [6, 6.07) is 5.82. The average Bonchev–Trinajstić information content (AvgIpc) is 2.89. The summed E-state index contributed by atoms with van der Waals surface area (Å²) in [5.74, 6) is -0.120. The number of nitrogens with two attached hydrogens (primary N) is 1. The minimum atomic E-state index is -0.120. The monoisotopic (exact) mass is 249 g/mol. The van der Waals surface area contributed by atoms with Crippen LogP contribution in [0.15, 0.2) is 29.8 Å². The van der Waals surface area contributed by atoms with Crippen molar-refractivity contribution in [3.8, 4) is 0 Å². The van der Waals surface area contributed by atoms with Gasteiger partial charge in [0.15, 0.2) is 0 Å². The van der Waals surface area contributed by atoms with Gasteiger partial charge in [0.1, 0.15) is 5.69 Å². The van der Waals surface area contributed by atoms with E-state index in [4.69, 9.17) is 5.73 Å². The molecular weight excluding hydrogens is 234 g/mol. The minimum absolute atomic E-state index is 0.102. The van der Waals surface area contributed by atoms with Crippen molar-refractivity contribution in [2.45, 2.75) is 19.4 Å². The van der Waals surface area contributed by atoms with Crippen molar-refractivity contribution in [2.75, 3.05) is 5.73 Å². The highest BCUT2D eigenvalue weighted by Gasteiger charge is 2.11. The van der Waals surface area contributed by atoms with Gasteiger partial charge < -0.3 is 16.0 Å². The number of H-pyrrole nitrogens is 1. The fourth-order valence-corrected chi connectivity index (χ4v) is 2.46. The third kappa shape index (κ3) is 3.10. The lowest BCUT2D eigenvalue weighted by Gasteiger charge is -2.11. The zero-order chi connectivity index (χ0) is 12.3. The second-order valence-electron chi connectivity index (χ2n) is 4.00. The number of aromatic amines is 1. The Morgan fingerprint density at radius 3 is 3.06 bits per heavy atom. The molecule has 0 bridgehead atoms. The number of nitrogen functional groups attached to an aromatic ring is 1. The fraction of sp³-hybridized carbons (Fsp3) is 0.250. The highest BCUT2D eigenvalue weighted by atomic mass is 32.1. The smallest absolute Gasteiger partial charge is 0.267 e. The molecule has 2 aromatic rings. The predicted octanol–water partition coefficient (Wildman–Crippen LogP) is 2.02. The molecule has 0 spiro atoms. The molecular formula is C12H15N3OS. The summed E-state index contributed by atoms with van der Waals surface area (Å²) in [5, 5.41) is 4.97. The number of hydrogen-bond donors (Lipinski definition) is 3. The molecule has 1 atom stereocenters. The maximum absolute atomic E-state index is 11.8. The van der Waals surface area contributed by atoms with Crippen molar-refractivity contribution in [3.05, 3.63) is 40.3 Å². The molecule has 0 aliphatic rings. The third-order valence-electron chi connectivity index (χ3n) is 2.41. The summed E-state index contributed by atoms with van der Waals surface area (Å²) in [7, 11) is 0. The Morgan fingerprint density at radius 1 is 1.65 bits per heavy atom. The van der Waals surface area contributed by atoms with Crippen molar-refractivity contribution in [1.82, 2.24) is 10.3 Å². The molecule has 0 aromatic carbocycles. The van der Waals surface area contributed by atoms with Crippen LogP contribution in [0.1, 0.15) is 22.3 Å². The Kier molecular flexibility index (Phi) is 3.49. The molecule has 2 heterocycles. The molecule has 4 N–H and O–H groups in total. The molecule has 0 aliphatic heterocycles. The first-order valence-electron chi connectivity index (χ1n) is 5.42. The van der Waals surface area contributed by atoms with E-state index < -0.39 is 0 Å². The van der Waals surface area contributed by atoms with E-state index in [9.17, 15) is 4.79 Å². The van der Waals surface area contributed by atoms with E-state index >= 15 is 0 Å². The molecule has 0 fully saturated rings. The van der Waals surface area contributed by atoms with Gasteiger partial charge in [0.2, 0.25) is 0 Å². The first-order chi connectivity index (χ1) is 8.15. The lowest BCUT2D eigenvalue weighted by Crippen LogP contribution is -2.34. The molecule has 4 nitrogen and oxygen atoms in total. The molecule has 0 aliphatic carbocycles. The normalized spacial score (nSPS) is 12.3. The van der Waals surface area contributed by atoms with Gasteiger partial charge in [0.25, 0.3) is 5.91 Å². The number of aromatic nitrogens is 1. The van der Waals surface area contributed by atoms with Crippen molar-refractivity contribution in [2.24, 2.45) is 0 Å². The number of carbonyl (C=O) groups is 1. The van der Waals surface area contributed by atoms with Crippen LogP contribution in [0.2, 0.25) is 0 Å². The van der Waals surface area contributed by atoms with Crippen LogP contribution in [0.5, 0.6) is 0 Å². The number of rotatable bonds is 4. The van der Waals surface area contributed by atoms with E-state index in [1.54, 1.807) is 23.6 Å². The molecule has 2 rings (SSSR count). The first kappa shape index (κ1) is 11.7. The van der Waals surface area contributed by atoms with Crippen LogP contribution in [0.25, 0.3) is 0 Å². The maximum Gasteiger partial charge on any atom is 0.267 e. The van der Waals surface area contributed by atoms with Crippen LogP contribution >= 0.6 is 11.3 Å². The van der Waals surface area contributed by atoms with Crippen LogP contribution in [0.4, 0.5) is 5.69 Å². The number of hydrogen-bond acceptors (Lipinski definition) is 3. The Hall–Kier alpha value is -1.75. The minimum Gasteiger partial charge on any atom is -0.397 e. The van der Waals surface area contributed by atoms with E-state index in [2.05, 4.69) is 16.4 Å². The van der Waals surface area contributed by atoms with Gasteiger partial charge in [-0.05, 0) is 24.4 Å². The number of amides is 1. The van der Waals surface area contributed by atoms with Gasteiger partial charge in [-0.1, -0.05) is 6.07 Å². The highest BCUT2D eigenvalue weighted by Crippen LogP contribution is 2.11. The average molecular weight is 249 g/mol. The van der Waals surface area contributed by atoms with Gasteiger partial charge in [-0.15, -0.1) is 11.3 Å². The van der Waals surface area contributed by atoms with Gasteiger partial charge >= 0.3 is 0 Å². The van der Waals surface area contributed by atoms with Crippen molar-refractivity contribution >= 4 is 22.9 Å². The van der Waals surface area contributed by atoms with Crippen LogP contribution in [-0.2, 0) is 6.42 Å². The SMILES string of the molecule is CC(Cc1cccs1)NC(=O)c1cc(N)c[nH]1.